The monoisotopic (exact) mass is 320 g/mol. The van der Waals surface area contributed by atoms with Crippen molar-refractivity contribution in [3.05, 3.63) is 39.4 Å². The van der Waals surface area contributed by atoms with Gasteiger partial charge in [-0.05, 0) is 24.8 Å². The van der Waals surface area contributed by atoms with Gasteiger partial charge in [-0.15, -0.1) is 0 Å². The molecule has 23 heavy (non-hydrogen) atoms. The number of carboxylic acids is 1. The van der Waals surface area contributed by atoms with E-state index >= 15 is 0 Å². The van der Waals surface area contributed by atoms with Gasteiger partial charge in [0.2, 0.25) is 0 Å². The summed E-state index contributed by atoms with van der Waals surface area (Å²) in [6.45, 7) is 4.32. The summed E-state index contributed by atoms with van der Waals surface area (Å²) < 4.78 is 0. The van der Waals surface area contributed by atoms with Gasteiger partial charge in [0.1, 0.15) is 0 Å². The van der Waals surface area contributed by atoms with E-state index in [9.17, 15) is 24.8 Å². The summed E-state index contributed by atoms with van der Waals surface area (Å²) in [5.41, 5.74) is 0.729. The number of carbonyl (C=O) groups is 2. The highest BCUT2D eigenvalue weighted by Gasteiger charge is 2.32. The summed E-state index contributed by atoms with van der Waals surface area (Å²) in [5.74, 6) is -1.78. The van der Waals surface area contributed by atoms with E-state index in [1.807, 2.05) is 13.8 Å². The second-order valence-electron chi connectivity index (χ2n) is 6.04. The van der Waals surface area contributed by atoms with Crippen molar-refractivity contribution in [3.63, 3.8) is 0 Å². The van der Waals surface area contributed by atoms with Gasteiger partial charge in [0.25, 0.3) is 11.6 Å². The minimum absolute atomic E-state index is 0.0711. The molecule has 7 nitrogen and oxygen atoms in total. The molecule has 7 heteroatoms. The summed E-state index contributed by atoms with van der Waals surface area (Å²) in [4.78, 5) is 35.9. The highest BCUT2D eigenvalue weighted by Crippen LogP contribution is 2.26. The van der Waals surface area contributed by atoms with Crippen LogP contribution >= 0.6 is 0 Å². The first-order valence-corrected chi connectivity index (χ1v) is 7.62. The van der Waals surface area contributed by atoms with Gasteiger partial charge >= 0.3 is 5.97 Å². The van der Waals surface area contributed by atoms with Crippen LogP contribution in [0.1, 0.15) is 36.2 Å². The summed E-state index contributed by atoms with van der Waals surface area (Å²) in [7, 11) is 0. The maximum atomic E-state index is 12.6. The van der Waals surface area contributed by atoms with Crippen LogP contribution < -0.4 is 0 Å². The van der Waals surface area contributed by atoms with Gasteiger partial charge in [0.15, 0.2) is 0 Å². The Bertz CT molecular complexity index is 643. The number of amides is 1. The quantitative estimate of drug-likeness (QED) is 0.678. The molecule has 1 heterocycles. The second kappa shape index (κ2) is 6.76. The number of rotatable bonds is 4. The topological polar surface area (TPSA) is 101 Å². The van der Waals surface area contributed by atoms with Crippen molar-refractivity contribution >= 4 is 17.6 Å². The van der Waals surface area contributed by atoms with E-state index < -0.39 is 16.8 Å². The minimum Gasteiger partial charge on any atom is -0.481 e. The lowest BCUT2D eigenvalue weighted by Crippen LogP contribution is -2.45. The van der Waals surface area contributed by atoms with E-state index in [-0.39, 0.29) is 29.6 Å². The number of hydrogen-bond acceptors (Lipinski definition) is 4. The zero-order valence-electron chi connectivity index (χ0n) is 13.2. The molecular formula is C16H20N2O5. The first-order valence-electron chi connectivity index (χ1n) is 7.62. The molecule has 2 rings (SSSR count). The van der Waals surface area contributed by atoms with Crippen LogP contribution in [0.5, 0.6) is 0 Å². The number of piperidine rings is 1. The Balaban J connectivity index is 2.27. The van der Waals surface area contributed by atoms with Gasteiger partial charge in [-0.2, -0.15) is 0 Å². The van der Waals surface area contributed by atoms with Crippen molar-refractivity contribution in [2.45, 2.75) is 26.7 Å². The van der Waals surface area contributed by atoms with E-state index in [2.05, 4.69) is 0 Å². The lowest BCUT2D eigenvalue weighted by Gasteiger charge is -2.34. The third-order valence-corrected chi connectivity index (χ3v) is 4.21. The van der Waals surface area contributed by atoms with Gasteiger partial charge in [0.05, 0.1) is 10.8 Å². The number of aliphatic carboxylic acids is 1. The number of aryl methyl sites for hydroxylation is 1. The molecule has 1 aliphatic heterocycles. The van der Waals surface area contributed by atoms with Gasteiger partial charge < -0.3 is 10.0 Å². The van der Waals surface area contributed by atoms with Crippen molar-refractivity contribution in [2.24, 2.45) is 11.8 Å². The summed E-state index contributed by atoms with van der Waals surface area (Å²) in [6, 6.07) is 4.45. The van der Waals surface area contributed by atoms with Crippen LogP contribution in [0, 0.1) is 22.0 Å². The zero-order valence-corrected chi connectivity index (χ0v) is 13.2. The first-order chi connectivity index (χ1) is 10.8. The van der Waals surface area contributed by atoms with Crippen molar-refractivity contribution in [1.82, 2.24) is 4.90 Å². The Kier molecular flexibility index (Phi) is 4.98. The number of nitrogens with zero attached hydrogens (tertiary/aromatic N) is 2. The van der Waals surface area contributed by atoms with E-state index in [1.165, 1.54) is 11.0 Å². The summed E-state index contributed by atoms with van der Waals surface area (Å²) >= 11 is 0. The molecule has 0 aromatic heterocycles. The third kappa shape index (κ3) is 3.67. The number of nitro groups is 1. The molecule has 1 N–H and O–H groups in total. The molecule has 0 aliphatic carbocycles. The number of benzene rings is 1. The van der Waals surface area contributed by atoms with E-state index in [1.54, 1.807) is 12.1 Å². The Morgan fingerprint density at radius 3 is 2.65 bits per heavy atom. The van der Waals surface area contributed by atoms with Crippen molar-refractivity contribution in [3.8, 4) is 0 Å². The maximum Gasteiger partial charge on any atom is 0.308 e. The van der Waals surface area contributed by atoms with Gasteiger partial charge in [0, 0.05) is 30.3 Å². The Morgan fingerprint density at radius 1 is 1.39 bits per heavy atom. The van der Waals surface area contributed by atoms with Crippen molar-refractivity contribution in [1.29, 1.82) is 0 Å². The van der Waals surface area contributed by atoms with Crippen LogP contribution in [-0.2, 0) is 11.2 Å². The molecule has 1 aliphatic rings. The van der Waals surface area contributed by atoms with Crippen LogP contribution in [0.15, 0.2) is 18.2 Å². The van der Waals surface area contributed by atoms with Gasteiger partial charge in [-0.3, -0.25) is 19.7 Å². The number of carboxylic acid groups (broad SMARTS) is 1. The average Bonchev–Trinajstić information content (AvgIpc) is 2.52. The van der Waals surface area contributed by atoms with Crippen molar-refractivity contribution in [2.75, 3.05) is 13.1 Å². The van der Waals surface area contributed by atoms with Crippen LogP contribution in [0.4, 0.5) is 5.69 Å². The van der Waals surface area contributed by atoms with E-state index in [0.717, 1.165) is 0 Å². The first kappa shape index (κ1) is 16.9. The minimum atomic E-state index is -0.915. The SMILES string of the molecule is CCc1ccc(C(=O)N2CC(C)CC(C(=O)O)C2)cc1[N+](=O)[O-]. The van der Waals surface area contributed by atoms with Crippen LogP contribution in [0.3, 0.4) is 0 Å². The normalized spacial score (nSPS) is 21.0. The van der Waals surface area contributed by atoms with Crippen LogP contribution in [-0.4, -0.2) is 39.9 Å². The number of nitro benzene ring substituents is 1. The van der Waals surface area contributed by atoms with Crippen molar-refractivity contribution < 1.29 is 19.6 Å². The molecular weight excluding hydrogens is 300 g/mol. The standard InChI is InChI=1S/C16H20N2O5/c1-3-11-4-5-12(7-14(11)18(22)23)15(19)17-8-10(2)6-13(9-17)16(20)21/h4-5,7,10,13H,3,6,8-9H2,1-2H3,(H,20,21). The molecule has 0 bridgehead atoms. The van der Waals surface area contributed by atoms with E-state index in [4.69, 9.17) is 0 Å². The molecule has 0 saturated carbocycles. The number of carbonyl (C=O) groups excluding carboxylic acids is 1. The summed E-state index contributed by atoms with van der Waals surface area (Å²) in [6.07, 6.45) is 1.04. The lowest BCUT2D eigenvalue weighted by molar-refractivity contribution is -0.385. The smallest absolute Gasteiger partial charge is 0.308 e. The molecule has 1 aromatic rings. The molecule has 0 radical (unpaired) electrons. The van der Waals surface area contributed by atoms with Gasteiger partial charge in [-0.1, -0.05) is 19.9 Å². The summed E-state index contributed by atoms with van der Waals surface area (Å²) in [5, 5.41) is 20.3. The molecule has 1 fully saturated rings. The Morgan fingerprint density at radius 2 is 2.09 bits per heavy atom. The maximum absolute atomic E-state index is 12.6. The van der Waals surface area contributed by atoms with E-state index in [0.29, 0.717) is 24.9 Å². The molecule has 0 spiro atoms. The average molecular weight is 320 g/mol. The fourth-order valence-corrected chi connectivity index (χ4v) is 3.04. The highest BCUT2D eigenvalue weighted by atomic mass is 16.6. The number of likely N-dealkylation sites (tertiary alicyclic amines) is 1. The predicted molar refractivity (Wildman–Crippen MR) is 83.3 cm³/mol. The second-order valence-corrected chi connectivity index (χ2v) is 6.04. The largest absolute Gasteiger partial charge is 0.481 e. The third-order valence-electron chi connectivity index (χ3n) is 4.21. The molecule has 2 unspecified atom stereocenters. The molecule has 1 saturated heterocycles. The zero-order chi connectivity index (χ0) is 17.1. The lowest BCUT2D eigenvalue weighted by atomic mass is 9.90. The molecule has 2 atom stereocenters. The predicted octanol–water partition coefficient (Wildman–Crippen LogP) is 2.34. The highest BCUT2D eigenvalue weighted by molar-refractivity contribution is 5.95. The molecule has 124 valence electrons. The molecule has 1 aromatic carbocycles. The van der Waals surface area contributed by atoms with Gasteiger partial charge in [-0.25, -0.2) is 0 Å². The molecule has 1 amide bonds. The fraction of sp³-hybridized carbons (Fsp3) is 0.500. The Labute approximate surface area is 134 Å². The Hall–Kier alpha value is -2.44. The van der Waals surface area contributed by atoms with Crippen LogP contribution in [0.25, 0.3) is 0 Å². The number of hydrogen-bond donors (Lipinski definition) is 1. The fourth-order valence-electron chi connectivity index (χ4n) is 3.04. The van der Waals surface area contributed by atoms with Crippen LogP contribution in [0.2, 0.25) is 0 Å².